The first kappa shape index (κ1) is 15.1. The number of aromatic nitrogens is 1. The van der Waals surface area contributed by atoms with Crippen LogP contribution in [0, 0.1) is 6.92 Å². The Morgan fingerprint density at radius 1 is 1.23 bits per heavy atom. The molecular weight excluding hydrogens is 276 g/mol. The highest BCUT2D eigenvalue weighted by molar-refractivity contribution is 5.81. The van der Waals surface area contributed by atoms with Gasteiger partial charge in [-0.05, 0) is 37.1 Å². The topological polar surface area (TPSA) is 51.4 Å². The van der Waals surface area contributed by atoms with Crippen LogP contribution in [0.3, 0.4) is 0 Å². The Bertz CT molecular complexity index is 656. The van der Waals surface area contributed by atoms with E-state index in [1.54, 1.807) is 0 Å². The third kappa shape index (κ3) is 3.48. The third-order valence-corrected chi connectivity index (χ3v) is 4.28. The van der Waals surface area contributed by atoms with E-state index in [2.05, 4.69) is 53.4 Å². The number of carbonyl (C=O) groups is 1. The van der Waals surface area contributed by atoms with Gasteiger partial charge in [-0.2, -0.15) is 0 Å². The zero-order chi connectivity index (χ0) is 15.5. The highest BCUT2D eigenvalue weighted by atomic mass is 16.2. The van der Waals surface area contributed by atoms with Crippen molar-refractivity contribution in [2.45, 2.75) is 13.5 Å². The summed E-state index contributed by atoms with van der Waals surface area (Å²) in [4.78, 5) is 19.7. The Morgan fingerprint density at radius 2 is 2.00 bits per heavy atom. The number of nitrogens with zero attached hydrogens (tertiary/aromatic N) is 2. The number of H-pyrrole nitrogens is 1. The van der Waals surface area contributed by atoms with Gasteiger partial charge in [0, 0.05) is 43.9 Å². The number of nitrogens with one attached hydrogen (secondary N) is 2. The summed E-state index contributed by atoms with van der Waals surface area (Å²) in [5.74, 6) is 0.194. The molecule has 0 aliphatic carbocycles. The fourth-order valence-corrected chi connectivity index (χ4v) is 2.87. The molecule has 22 heavy (non-hydrogen) atoms. The van der Waals surface area contributed by atoms with Gasteiger partial charge in [-0.1, -0.05) is 12.1 Å². The predicted molar refractivity (Wildman–Crippen MR) is 88.8 cm³/mol. The molecule has 1 aliphatic rings. The van der Waals surface area contributed by atoms with Crippen molar-refractivity contribution >= 4 is 16.8 Å². The van der Waals surface area contributed by atoms with Gasteiger partial charge in [0.05, 0.1) is 6.54 Å². The van der Waals surface area contributed by atoms with Crippen molar-refractivity contribution < 1.29 is 4.79 Å². The van der Waals surface area contributed by atoms with Crippen molar-refractivity contribution in [1.29, 1.82) is 0 Å². The molecule has 1 amide bonds. The summed E-state index contributed by atoms with van der Waals surface area (Å²) in [5.41, 5.74) is 3.52. The summed E-state index contributed by atoms with van der Waals surface area (Å²) < 4.78 is 0. The van der Waals surface area contributed by atoms with Gasteiger partial charge in [-0.15, -0.1) is 0 Å². The van der Waals surface area contributed by atoms with E-state index in [1.165, 1.54) is 10.9 Å². The lowest BCUT2D eigenvalue weighted by molar-refractivity contribution is -0.131. The van der Waals surface area contributed by atoms with Gasteiger partial charge in [-0.3, -0.25) is 4.79 Å². The zero-order valence-electron chi connectivity index (χ0n) is 13.4. The second-order valence-corrected chi connectivity index (χ2v) is 6.17. The Balaban J connectivity index is 1.50. The second-order valence-electron chi connectivity index (χ2n) is 6.17. The minimum absolute atomic E-state index is 0.194. The minimum atomic E-state index is 0.194. The van der Waals surface area contributed by atoms with Crippen molar-refractivity contribution in [3.05, 3.63) is 35.5 Å². The molecule has 1 saturated heterocycles. The van der Waals surface area contributed by atoms with E-state index in [-0.39, 0.29) is 5.91 Å². The lowest BCUT2D eigenvalue weighted by Gasteiger charge is -2.32. The Morgan fingerprint density at radius 3 is 2.77 bits per heavy atom. The van der Waals surface area contributed by atoms with Gasteiger partial charge in [0.1, 0.15) is 0 Å². The molecule has 5 heteroatoms. The molecule has 0 radical (unpaired) electrons. The smallest absolute Gasteiger partial charge is 0.236 e. The van der Waals surface area contributed by atoms with E-state index < -0.39 is 0 Å². The number of piperazine rings is 1. The van der Waals surface area contributed by atoms with Crippen molar-refractivity contribution in [3.63, 3.8) is 0 Å². The fourth-order valence-electron chi connectivity index (χ4n) is 2.87. The molecule has 5 nitrogen and oxygen atoms in total. The third-order valence-electron chi connectivity index (χ3n) is 4.28. The number of fused-ring (bicyclic) bond motifs is 1. The average molecular weight is 300 g/mol. The largest absolute Gasteiger partial charge is 0.357 e. The van der Waals surface area contributed by atoms with E-state index in [4.69, 9.17) is 0 Å². The highest BCUT2D eigenvalue weighted by Gasteiger charge is 2.18. The Kier molecular flexibility index (Phi) is 4.45. The molecule has 1 aromatic carbocycles. The van der Waals surface area contributed by atoms with Gasteiger partial charge in [0.15, 0.2) is 0 Å². The monoisotopic (exact) mass is 300 g/mol. The van der Waals surface area contributed by atoms with Gasteiger partial charge >= 0.3 is 0 Å². The summed E-state index contributed by atoms with van der Waals surface area (Å²) in [6.07, 6.45) is 0. The van der Waals surface area contributed by atoms with Gasteiger partial charge < -0.3 is 20.1 Å². The van der Waals surface area contributed by atoms with E-state index in [0.29, 0.717) is 13.1 Å². The van der Waals surface area contributed by atoms with Crippen LogP contribution in [-0.4, -0.2) is 60.5 Å². The van der Waals surface area contributed by atoms with Crippen LogP contribution in [0.5, 0.6) is 0 Å². The average Bonchev–Trinajstić information content (AvgIpc) is 2.89. The number of benzene rings is 1. The summed E-state index contributed by atoms with van der Waals surface area (Å²) in [6.45, 7) is 6.78. The molecule has 0 bridgehead atoms. The first-order valence-electron chi connectivity index (χ1n) is 7.87. The maximum absolute atomic E-state index is 12.1. The summed E-state index contributed by atoms with van der Waals surface area (Å²) in [7, 11) is 2.09. The molecule has 1 aliphatic heterocycles. The van der Waals surface area contributed by atoms with Crippen LogP contribution >= 0.6 is 0 Å². The summed E-state index contributed by atoms with van der Waals surface area (Å²) in [5, 5.41) is 4.47. The predicted octanol–water partition coefficient (Wildman–Crippen LogP) is 1.34. The maximum atomic E-state index is 12.1. The van der Waals surface area contributed by atoms with E-state index in [0.717, 1.165) is 37.4 Å². The molecular formula is C17H24N4O. The number of likely N-dealkylation sites (N-methyl/N-ethyl adjacent to an activating group) is 1. The molecule has 2 N–H and O–H groups in total. The van der Waals surface area contributed by atoms with E-state index in [9.17, 15) is 4.79 Å². The van der Waals surface area contributed by atoms with Crippen molar-refractivity contribution in [2.24, 2.45) is 0 Å². The molecule has 0 atom stereocenters. The van der Waals surface area contributed by atoms with Crippen LogP contribution in [0.4, 0.5) is 0 Å². The Hall–Kier alpha value is -1.85. The quantitative estimate of drug-likeness (QED) is 0.896. The standard InChI is InChI=1S/C17H24N4O/c1-13-3-4-14-10-15(19-16(14)9-13)11-18-12-17(22)21-7-5-20(2)6-8-21/h3-4,9-10,18-19H,5-8,11-12H2,1-2H3. The van der Waals surface area contributed by atoms with Crippen LogP contribution in [-0.2, 0) is 11.3 Å². The molecule has 0 unspecified atom stereocenters. The molecule has 2 aromatic rings. The normalized spacial score (nSPS) is 16.4. The molecule has 3 rings (SSSR count). The number of hydrogen-bond acceptors (Lipinski definition) is 3. The van der Waals surface area contributed by atoms with Crippen LogP contribution in [0.1, 0.15) is 11.3 Å². The number of carbonyl (C=O) groups excluding carboxylic acids is 1. The number of amides is 1. The van der Waals surface area contributed by atoms with E-state index in [1.807, 2.05) is 4.90 Å². The van der Waals surface area contributed by atoms with Crippen LogP contribution < -0.4 is 5.32 Å². The molecule has 1 aromatic heterocycles. The fraction of sp³-hybridized carbons (Fsp3) is 0.471. The summed E-state index contributed by atoms with van der Waals surface area (Å²) in [6, 6.07) is 8.53. The SMILES string of the molecule is Cc1ccc2cc(CNCC(=O)N3CCN(C)CC3)[nH]c2c1. The van der Waals surface area contributed by atoms with Gasteiger partial charge in [0.2, 0.25) is 5.91 Å². The molecule has 2 heterocycles. The molecule has 118 valence electrons. The first-order valence-corrected chi connectivity index (χ1v) is 7.87. The highest BCUT2D eigenvalue weighted by Crippen LogP contribution is 2.16. The number of rotatable bonds is 4. The number of aryl methyl sites for hydroxylation is 1. The summed E-state index contributed by atoms with van der Waals surface area (Å²) >= 11 is 0. The van der Waals surface area contributed by atoms with Crippen molar-refractivity contribution in [2.75, 3.05) is 39.8 Å². The number of aromatic amines is 1. The first-order chi connectivity index (χ1) is 10.6. The van der Waals surface area contributed by atoms with Crippen molar-refractivity contribution in [1.82, 2.24) is 20.1 Å². The second kappa shape index (κ2) is 6.50. The molecule has 0 spiro atoms. The van der Waals surface area contributed by atoms with Gasteiger partial charge in [0.25, 0.3) is 0 Å². The Labute approximate surface area is 131 Å². The molecule has 1 fully saturated rings. The van der Waals surface area contributed by atoms with Crippen LogP contribution in [0.2, 0.25) is 0 Å². The lowest BCUT2D eigenvalue weighted by atomic mass is 10.2. The van der Waals surface area contributed by atoms with Gasteiger partial charge in [-0.25, -0.2) is 0 Å². The number of hydrogen-bond donors (Lipinski definition) is 2. The van der Waals surface area contributed by atoms with E-state index >= 15 is 0 Å². The van der Waals surface area contributed by atoms with Crippen LogP contribution in [0.15, 0.2) is 24.3 Å². The van der Waals surface area contributed by atoms with Crippen molar-refractivity contribution in [3.8, 4) is 0 Å². The molecule has 0 saturated carbocycles. The zero-order valence-corrected chi connectivity index (χ0v) is 13.4. The minimum Gasteiger partial charge on any atom is -0.357 e. The van der Waals surface area contributed by atoms with Crippen LogP contribution in [0.25, 0.3) is 10.9 Å². The lowest BCUT2D eigenvalue weighted by Crippen LogP contribution is -2.49. The maximum Gasteiger partial charge on any atom is 0.236 e.